The Hall–Kier alpha value is -0.880. The van der Waals surface area contributed by atoms with Crippen LogP contribution in [-0.2, 0) is 19.6 Å². The summed E-state index contributed by atoms with van der Waals surface area (Å²) in [6, 6.07) is 0. The van der Waals surface area contributed by atoms with E-state index in [-0.39, 0.29) is 6.10 Å². The van der Waals surface area contributed by atoms with Gasteiger partial charge in [-0.15, -0.1) is 0 Å². The van der Waals surface area contributed by atoms with Crippen molar-refractivity contribution in [3.05, 3.63) is 12.2 Å². The minimum absolute atomic E-state index is 0.173. The average Bonchev–Trinajstić information content (AvgIpc) is 2.81. The van der Waals surface area contributed by atoms with Crippen molar-refractivity contribution in [1.29, 1.82) is 0 Å². The van der Waals surface area contributed by atoms with Gasteiger partial charge in [0.2, 0.25) is 0 Å². The standard InChI is InChI=1S/C12H16O5S/c13-12(6-18(14,15)16)17-11-5-7-4-10(11)9-3-1-2-8(7)9/h1,3,7-11H,2,4-6H2,(H,14,15,16). The van der Waals surface area contributed by atoms with Crippen molar-refractivity contribution in [2.75, 3.05) is 5.75 Å². The molecule has 2 fully saturated rings. The van der Waals surface area contributed by atoms with Crippen LogP contribution >= 0.6 is 0 Å². The van der Waals surface area contributed by atoms with E-state index in [4.69, 9.17) is 9.29 Å². The summed E-state index contributed by atoms with van der Waals surface area (Å²) in [5, 5.41) is 0. The van der Waals surface area contributed by atoms with Crippen molar-refractivity contribution in [1.82, 2.24) is 0 Å². The third-order valence-electron chi connectivity index (χ3n) is 4.53. The van der Waals surface area contributed by atoms with E-state index in [1.54, 1.807) is 0 Å². The van der Waals surface area contributed by atoms with Crippen LogP contribution in [-0.4, -0.2) is 30.8 Å². The van der Waals surface area contributed by atoms with Gasteiger partial charge in [0.15, 0.2) is 5.75 Å². The van der Waals surface area contributed by atoms with Gasteiger partial charge in [-0.2, -0.15) is 8.42 Å². The molecule has 3 rings (SSSR count). The summed E-state index contributed by atoms with van der Waals surface area (Å²) in [5.41, 5.74) is 0. The molecule has 0 aromatic heterocycles. The zero-order valence-electron chi connectivity index (χ0n) is 9.86. The van der Waals surface area contributed by atoms with Gasteiger partial charge < -0.3 is 4.74 Å². The molecular formula is C12H16O5S. The zero-order chi connectivity index (χ0) is 12.9. The van der Waals surface area contributed by atoms with E-state index in [1.807, 2.05) is 0 Å². The molecule has 0 amide bonds. The minimum Gasteiger partial charge on any atom is -0.461 e. The Morgan fingerprint density at radius 3 is 2.83 bits per heavy atom. The molecule has 0 radical (unpaired) electrons. The molecule has 0 saturated heterocycles. The van der Waals surface area contributed by atoms with Crippen molar-refractivity contribution in [2.45, 2.75) is 25.4 Å². The van der Waals surface area contributed by atoms with Crippen molar-refractivity contribution < 1.29 is 22.5 Å². The lowest BCUT2D eigenvalue weighted by Crippen LogP contribution is -2.33. The predicted octanol–water partition coefficient (Wildman–Crippen LogP) is 1.02. The first-order valence-electron chi connectivity index (χ1n) is 6.25. The first-order valence-corrected chi connectivity index (χ1v) is 7.86. The van der Waals surface area contributed by atoms with Crippen molar-refractivity contribution in [3.8, 4) is 0 Å². The Kier molecular flexibility index (Phi) is 2.75. The topological polar surface area (TPSA) is 80.7 Å². The van der Waals surface area contributed by atoms with Gasteiger partial charge in [0.05, 0.1) is 0 Å². The second kappa shape index (κ2) is 4.06. The molecule has 2 saturated carbocycles. The molecule has 5 unspecified atom stereocenters. The normalized spacial score (nSPS) is 41.1. The third-order valence-corrected chi connectivity index (χ3v) is 5.13. The van der Waals surface area contributed by atoms with Gasteiger partial charge >= 0.3 is 5.97 Å². The lowest BCUT2D eigenvalue weighted by atomic mass is 9.80. The molecule has 6 heteroatoms. The fourth-order valence-electron chi connectivity index (χ4n) is 3.97. The first kappa shape index (κ1) is 12.2. The molecule has 0 heterocycles. The molecule has 0 spiro atoms. The van der Waals surface area contributed by atoms with Crippen LogP contribution in [0.1, 0.15) is 19.3 Å². The van der Waals surface area contributed by atoms with E-state index in [1.165, 1.54) is 0 Å². The van der Waals surface area contributed by atoms with E-state index in [0.717, 1.165) is 19.3 Å². The number of esters is 1. The van der Waals surface area contributed by atoms with Crippen LogP contribution in [0, 0.1) is 23.7 Å². The third kappa shape index (κ3) is 2.07. The molecule has 5 atom stereocenters. The van der Waals surface area contributed by atoms with Crippen LogP contribution in [0.3, 0.4) is 0 Å². The molecule has 0 aromatic rings. The van der Waals surface area contributed by atoms with E-state index in [9.17, 15) is 13.2 Å². The average molecular weight is 272 g/mol. The Labute approximate surface area is 106 Å². The largest absolute Gasteiger partial charge is 0.461 e. The van der Waals surface area contributed by atoms with Crippen LogP contribution in [0.5, 0.6) is 0 Å². The van der Waals surface area contributed by atoms with Gasteiger partial charge in [0.1, 0.15) is 6.10 Å². The Bertz CT molecular complexity index is 495. The van der Waals surface area contributed by atoms with Gasteiger partial charge in [-0.25, -0.2) is 0 Å². The molecule has 2 bridgehead atoms. The zero-order valence-corrected chi connectivity index (χ0v) is 10.7. The van der Waals surface area contributed by atoms with E-state index >= 15 is 0 Å². The first-order chi connectivity index (χ1) is 8.44. The maximum atomic E-state index is 11.4. The molecule has 5 nitrogen and oxygen atoms in total. The molecule has 0 aromatic carbocycles. The highest BCUT2D eigenvalue weighted by molar-refractivity contribution is 7.86. The fourth-order valence-corrected chi connectivity index (χ4v) is 4.34. The van der Waals surface area contributed by atoms with Crippen LogP contribution in [0.25, 0.3) is 0 Å². The fraction of sp³-hybridized carbons (Fsp3) is 0.750. The Morgan fingerprint density at radius 2 is 2.11 bits per heavy atom. The Balaban J connectivity index is 1.63. The van der Waals surface area contributed by atoms with Crippen molar-refractivity contribution in [3.63, 3.8) is 0 Å². The number of carbonyl (C=O) groups excluding carboxylic acids is 1. The van der Waals surface area contributed by atoms with Gasteiger partial charge in [0.25, 0.3) is 10.1 Å². The number of carbonyl (C=O) groups is 1. The SMILES string of the molecule is O=C(CS(=O)(=O)O)OC1CC2CC1C1C=CCC21. The molecule has 3 aliphatic carbocycles. The van der Waals surface area contributed by atoms with E-state index in [0.29, 0.717) is 23.7 Å². The molecule has 100 valence electrons. The monoisotopic (exact) mass is 272 g/mol. The highest BCUT2D eigenvalue weighted by Gasteiger charge is 2.53. The highest BCUT2D eigenvalue weighted by Crippen LogP contribution is 2.57. The van der Waals surface area contributed by atoms with Crippen LogP contribution in [0.15, 0.2) is 12.2 Å². The second-order valence-electron chi connectivity index (χ2n) is 5.55. The van der Waals surface area contributed by atoms with Gasteiger partial charge in [-0.05, 0) is 37.0 Å². The summed E-state index contributed by atoms with van der Waals surface area (Å²) < 4.78 is 35.0. The van der Waals surface area contributed by atoms with Crippen molar-refractivity contribution in [2.24, 2.45) is 23.7 Å². The second-order valence-corrected chi connectivity index (χ2v) is 7.01. The summed E-state index contributed by atoms with van der Waals surface area (Å²) in [6.45, 7) is 0. The van der Waals surface area contributed by atoms with Crippen molar-refractivity contribution >= 4 is 16.1 Å². The lowest BCUT2D eigenvalue weighted by Gasteiger charge is -2.30. The summed E-state index contributed by atoms with van der Waals surface area (Å²) in [6.07, 6.45) is 7.26. The minimum atomic E-state index is -4.28. The number of fused-ring (bicyclic) bond motifs is 5. The highest BCUT2D eigenvalue weighted by atomic mass is 32.2. The van der Waals surface area contributed by atoms with Gasteiger partial charge in [-0.1, -0.05) is 12.2 Å². The maximum Gasteiger partial charge on any atom is 0.323 e. The summed E-state index contributed by atoms with van der Waals surface area (Å²) in [4.78, 5) is 11.4. The summed E-state index contributed by atoms with van der Waals surface area (Å²) in [7, 11) is -4.28. The quantitative estimate of drug-likeness (QED) is 0.471. The number of hydrogen-bond donors (Lipinski definition) is 1. The molecule has 3 aliphatic rings. The van der Waals surface area contributed by atoms with E-state index in [2.05, 4.69) is 12.2 Å². The smallest absolute Gasteiger partial charge is 0.323 e. The maximum absolute atomic E-state index is 11.4. The van der Waals surface area contributed by atoms with Gasteiger partial charge in [0, 0.05) is 5.92 Å². The number of hydrogen-bond acceptors (Lipinski definition) is 4. The summed E-state index contributed by atoms with van der Waals surface area (Å²) in [5.74, 6) is 0.347. The van der Waals surface area contributed by atoms with Crippen LogP contribution in [0.4, 0.5) is 0 Å². The Morgan fingerprint density at radius 1 is 1.33 bits per heavy atom. The molecular weight excluding hydrogens is 256 g/mol. The van der Waals surface area contributed by atoms with Gasteiger partial charge in [-0.3, -0.25) is 9.35 Å². The number of ether oxygens (including phenoxy) is 1. The van der Waals surface area contributed by atoms with Crippen LogP contribution < -0.4 is 0 Å². The molecule has 18 heavy (non-hydrogen) atoms. The number of allylic oxidation sites excluding steroid dienone is 2. The number of rotatable bonds is 3. The predicted molar refractivity (Wildman–Crippen MR) is 63.2 cm³/mol. The lowest BCUT2D eigenvalue weighted by molar-refractivity contribution is -0.149. The summed E-state index contributed by atoms with van der Waals surface area (Å²) >= 11 is 0. The van der Waals surface area contributed by atoms with Crippen LogP contribution in [0.2, 0.25) is 0 Å². The molecule has 0 aliphatic heterocycles. The molecule has 1 N–H and O–H groups in total. The van der Waals surface area contributed by atoms with E-state index < -0.39 is 21.8 Å².